The molecule has 0 aromatic carbocycles. The van der Waals surface area contributed by atoms with Crippen LogP contribution < -0.4 is 5.32 Å². The minimum Gasteiger partial charge on any atom is -0.382 e. The predicted octanol–water partition coefficient (Wildman–Crippen LogP) is 3.22. The van der Waals surface area contributed by atoms with E-state index in [2.05, 4.69) is 33.0 Å². The van der Waals surface area contributed by atoms with Gasteiger partial charge in [0.15, 0.2) is 0 Å². The van der Waals surface area contributed by atoms with E-state index in [1.54, 1.807) is 0 Å². The van der Waals surface area contributed by atoms with Crippen LogP contribution in [0, 0.1) is 11.3 Å². The second-order valence-electron chi connectivity index (χ2n) is 6.11. The lowest BCUT2D eigenvalue weighted by molar-refractivity contribution is 0.133. The topological polar surface area (TPSA) is 21.3 Å². The molecule has 0 aliphatic heterocycles. The molecule has 0 aromatic heterocycles. The summed E-state index contributed by atoms with van der Waals surface area (Å²) in [5.74, 6) is 0.869. The van der Waals surface area contributed by atoms with Crippen LogP contribution in [0.5, 0.6) is 0 Å². The van der Waals surface area contributed by atoms with Gasteiger partial charge in [-0.3, -0.25) is 0 Å². The lowest BCUT2D eigenvalue weighted by atomic mass is 9.70. The number of nitrogens with one attached hydrogen (secondary N) is 1. The highest BCUT2D eigenvalue weighted by molar-refractivity contribution is 4.86. The molecule has 0 spiro atoms. The first-order valence-electron chi connectivity index (χ1n) is 6.84. The van der Waals surface area contributed by atoms with Gasteiger partial charge in [-0.1, -0.05) is 20.8 Å². The Bertz CT molecular complexity index is 191. The molecule has 0 bridgehead atoms. The second-order valence-corrected chi connectivity index (χ2v) is 6.11. The maximum atomic E-state index is 5.34. The lowest BCUT2D eigenvalue weighted by Gasteiger charge is -2.39. The van der Waals surface area contributed by atoms with Crippen molar-refractivity contribution < 1.29 is 4.74 Å². The third-order valence-electron chi connectivity index (χ3n) is 3.49. The Morgan fingerprint density at radius 2 is 2.06 bits per heavy atom. The fraction of sp³-hybridized carbons (Fsp3) is 1.00. The zero-order valence-corrected chi connectivity index (χ0v) is 11.5. The van der Waals surface area contributed by atoms with Crippen LogP contribution in [0.4, 0.5) is 0 Å². The maximum Gasteiger partial charge on any atom is 0.0477 e. The van der Waals surface area contributed by atoms with Gasteiger partial charge >= 0.3 is 0 Å². The van der Waals surface area contributed by atoms with Crippen LogP contribution in [0.2, 0.25) is 0 Å². The molecule has 0 amide bonds. The van der Waals surface area contributed by atoms with Crippen molar-refractivity contribution in [2.45, 2.75) is 59.4 Å². The summed E-state index contributed by atoms with van der Waals surface area (Å²) in [5, 5.41) is 3.69. The molecular formula is C14H29NO. The van der Waals surface area contributed by atoms with E-state index in [1.807, 2.05) is 0 Å². The summed E-state index contributed by atoms with van der Waals surface area (Å²) in [4.78, 5) is 0. The number of rotatable bonds is 6. The predicted molar refractivity (Wildman–Crippen MR) is 69.7 cm³/mol. The van der Waals surface area contributed by atoms with Gasteiger partial charge < -0.3 is 10.1 Å². The van der Waals surface area contributed by atoms with Crippen LogP contribution in [0.25, 0.3) is 0 Å². The van der Waals surface area contributed by atoms with Gasteiger partial charge in [0.25, 0.3) is 0 Å². The fourth-order valence-corrected chi connectivity index (χ4v) is 3.13. The minimum atomic E-state index is 0.523. The van der Waals surface area contributed by atoms with Crippen LogP contribution in [0.3, 0.4) is 0 Å². The van der Waals surface area contributed by atoms with Crippen molar-refractivity contribution in [3.8, 4) is 0 Å². The van der Waals surface area contributed by atoms with E-state index in [4.69, 9.17) is 4.74 Å². The molecule has 2 atom stereocenters. The van der Waals surface area contributed by atoms with Gasteiger partial charge in [0.05, 0.1) is 0 Å². The fourth-order valence-electron chi connectivity index (χ4n) is 3.13. The van der Waals surface area contributed by atoms with Gasteiger partial charge in [-0.15, -0.1) is 0 Å². The molecule has 1 rings (SSSR count). The molecule has 2 heteroatoms. The number of hydrogen-bond acceptors (Lipinski definition) is 2. The van der Waals surface area contributed by atoms with Crippen LogP contribution in [0.15, 0.2) is 0 Å². The molecule has 2 nitrogen and oxygen atoms in total. The number of ether oxygens (including phenoxy) is 1. The molecule has 0 aromatic rings. The van der Waals surface area contributed by atoms with Crippen molar-refractivity contribution in [1.29, 1.82) is 0 Å². The number of hydrogen-bond donors (Lipinski definition) is 1. The SMILES string of the molecule is CCOCCCN[C@@H]1C[C@@H](C)CC(C)(C)C1. The van der Waals surface area contributed by atoms with E-state index < -0.39 is 0 Å². The Morgan fingerprint density at radius 3 is 2.69 bits per heavy atom. The Hall–Kier alpha value is -0.0800. The normalized spacial score (nSPS) is 29.2. The molecule has 0 saturated heterocycles. The molecule has 1 aliphatic rings. The molecule has 16 heavy (non-hydrogen) atoms. The smallest absolute Gasteiger partial charge is 0.0477 e. The first-order chi connectivity index (χ1) is 7.53. The molecule has 1 aliphatic carbocycles. The molecule has 1 saturated carbocycles. The zero-order chi connectivity index (χ0) is 12.0. The van der Waals surface area contributed by atoms with Crippen molar-refractivity contribution in [1.82, 2.24) is 5.32 Å². The summed E-state index contributed by atoms with van der Waals surface area (Å²) < 4.78 is 5.34. The summed E-state index contributed by atoms with van der Waals surface area (Å²) in [7, 11) is 0. The van der Waals surface area contributed by atoms with Gasteiger partial charge in [0.2, 0.25) is 0 Å². The maximum absolute atomic E-state index is 5.34. The zero-order valence-electron chi connectivity index (χ0n) is 11.5. The van der Waals surface area contributed by atoms with Gasteiger partial charge in [0, 0.05) is 19.3 Å². The molecule has 0 heterocycles. The molecular weight excluding hydrogens is 198 g/mol. The third kappa shape index (κ3) is 5.31. The van der Waals surface area contributed by atoms with E-state index in [9.17, 15) is 0 Å². The summed E-state index contributed by atoms with van der Waals surface area (Å²) in [6, 6.07) is 0.723. The molecule has 0 radical (unpaired) electrons. The van der Waals surface area contributed by atoms with Gasteiger partial charge in [-0.25, -0.2) is 0 Å². The van der Waals surface area contributed by atoms with Crippen molar-refractivity contribution >= 4 is 0 Å². The van der Waals surface area contributed by atoms with Crippen molar-refractivity contribution in [3.05, 3.63) is 0 Å². The summed E-state index contributed by atoms with van der Waals surface area (Å²) in [6.45, 7) is 12.1. The first kappa shape index (κ1) is 14.0. The van der Waals surface area contributed by atoms with Gasteiger partial charge in [-0.05, 0) is 50.5 Å². The summed E-state index contributed by atoms with van der Waals surface area (Å²) in [5.41, 5.74) is 0.523. The quantitative estimate of drug-likeness (QED) is 0.704. The summed E-state index contributed by atoms with van der Waals surface area (Å²) >= 11 is 0. The average molecular weight is 227 g/mol. The van der Waals surface area contributed by atoms with Crippen LogP contribution in [0.1, 0.15) is 53.4 Å². The standard InChI is InChI=1S/C14H29NO/c1-5-16-8-6-7-15-13-9-12(2)10-14(3,4)11-13/h12-13,15H,5-11H2,1-4H3/t12-,13-/m1/s1. The van der Waals surface area contributed by atoms with Crippen LogP contribution in [-0.2, 0) is 4.74 Å². The van der Waals surface area contributed by atoms with Crippen molar-refractivity contribution in [3.63, 3.8) is 0 Å². The highest BCUT2D eigenvalue weighted by atomic mass is 16.5. The molecule has 96 valence electrons. The Kier molecular flexibility index (Phi) is 5.77. The van der Waals surface area contributed by atoms with E-state index in [0.717, 1.165) is 38.1 Å². The van der Waals surface area contributed by atoms with Gasteiger partial charge in [-0.2, -0.15) is 0 Å². The van der Waals surface area contributed by atoms with Crippen LogP contribution in [-0.4, -0.2) is 25.8 Å². The average Bonchev–Trinajstić information content (AvgIpc) is 2.14. The lowest BCUT2D eigenvalue weighted by Crippen LogP contribution is -2.40. The van der Waals surface area contributed by atoms with Crippen molar-refractivity contribution in [2.24, 2.45) is 11.3 Å². The van der Waals surface area contributed by atoms with Gasteiger partial charge in [0.1, 0.15) is 0 Å². The Labute approximate surface area is 101 Å². The molecule has 0 unspecified atom stereocenters. The Balaban J connectivity index is 2.16. The highest BCUT2D eigenvalue weighted by Gasteiger charge is 2.31. The van der Waals surface area contributed by atoms with Crippen molar-refractivity contribution in [2.75, 3.05) is 19.8 Å². The summed E-state index contributed by atoms with van der Waals surface area (Å²) in [6.07, 6.45) is 5.19. The first-order valence-corrected chi connectivity index (χ1v) is 6.84. The minimum absolute atomic E-state index is 0.523. The monoisotopic (exact) mass is 227 g/mol. The van der Waals surface area contributed by atoms with E-state index in [0.29, 0.717) is 5.41 Å². The van der Waals surface area contributed by atoms with E-state index in [-0.39, 0.29) is 0 Å². The van der Waals surface area contributed by atoms with E-state index >= 15 is 0 Å². The Morgan fingerprint density at radius 1 is 1.31 bits per heavy atom. The van der Waals surface area contributed by atoms with E-state index in [1.165, 1.54) is 19.3 Å². The third-order valence-corrected chi connectivity index (χ3v) is 3.49. The largest absolute Gasteiger partial charge is 0.382 e. The second kappa shape index (κ2) is 6.61. The molecule has 1 fully saturated rings. The van der Waals surface area contributed by atoms with Crippen LogP contribution >= 0.6 is 0 Å². The molecule has 1 N–H and O–H groups in total. The highest BCUT2D eigenvalue weighted by Crippen LogP contribution is 2.38.